The van der Waals surface area contributed by atoms with Crippen molar-refractivity contribution in [2.24, 2.45) is 5.41 Å². The Bertz CT molecular complexity index is 3030. The third kappa shape index (κ3) is 5.97. The molecule has 0 fully saturated rings. The molecule has 0 saturated heterocycles. The molecule has 6 heteroatoms. The zero-order chi connectivity index (χ0) is 42.0. The standard InChI is InChI=1S/C53H54N4O.Pt/c1-49(2,3)34-20-22-36(23-21-34)55-33-56(44-19-14-13-18-43(44)55)37-16-15-17-38(31-37)58-39-24-25-40-41-26-27-42-47(52(9,10)53(11,12)51(42,7)8)48(41)57(45(40)32-39)46-30-35(28-29-54-46)50(4,5)6;/h13-30H,1-12H3;/q-2;. The second-order valence-corrected chi connectivity index (χ2v) is 21.0. The minimum absolute atomic E-state index is 0.00349. The molecule has 8 aromatic rings. The number of hydrogen-bond donors (Lipinski definition) is 0. The van der Waals surface area contributed by atoms with Gasteiger partial charge in [0.2, 0.25) is 0 Å². The van der Waals surface area contributed by atoms with E-state index in [0.717, 1.165) is 42.9 Å². The van der Waals surface area contributed by atoms with Crippen LogP contribution >= 0.6 is 0 Å². The van der Waals surface area contributed by atoms with E-state index in [2.05, 4.69) is 213 Å². The monoisotopic (exact) mass is 957 g/mol. The van der Waals surface area contributed by atoms with Crippen LogP contribution < -0.4 is 4.74 Å². The van der Waals surface area contributed by atoms with Crippen LogP contribution in [0.5, 0.6) is 11.5 Å². The van der Waals surface area contributed by atoms with Crippen LogP contribution in [0.3, 0.4) is 0 Å². The molecule has 5 nitrogen and oxygen atoms in total. The van der Waals surface area contributed by atoms with Gasteiger partial charge in [-0.15, -0.1) is 0 Å². The van der Waals surface area contributed by atoms with Gasteiger partial charge in [0.1, 0.15) is 0 Å². The first kappa shape index (κ1) is 39.5. The second kappa shape index (κ2) is 13.3. The molecule has 0 bridgehead atoms. The van der Waals surface area contributed by atoms with Gasteiger partial charge in [-0.25, -0.2) is 0 Å². The molecule has 0 aliphatic heterocycles. The molecule has 0 N–H and O–H groups in total. The third-order valence-electron chi connectivity index (χ3n) is 14.0. The van der Waals surface area contributed by atoms with Crippen molar-refractivity contribution in [3.05, 3.63) is 148 Å². The van der Waals surface area contributed by atoms with Crippen molar-refractivity contribution in [2.75, 3.05) is 0 Å². The van der Waals surface area contributed by atoms with E-state index in [0.29, 0.717) is 11.5 Å². The molecule has 9 rings (SSSR count). The number of fused-ring (bicyclic) bond motifs is 6. The summed E-state index contributed by atoms with van der Waals surface area (Å²) < 4.78 is 14.7. The van der Waals surface area contributed by atoms with Gasteiger partial charge >= 0.3 is 249 Å². The Balaban J connectivity index is 1.19. The number of benzene rings is 5. The third-order valence-corrected chi connectivity index (χ3v) is 15.0. The Kier molecular flexibility index (Phi) is 8.87. The molecule has 0 saturated carbocycles. The van der Waals surface area contributed by atoms with Crippen LogP contribution in [0.1, 0.15) is 105 Å². The number of rotatable bonds is 5. The number of hydrogen-bond acceptors (Lipinski definition) is 2. The number of pyridine rings is 1. The van der Waals surface area contributed by atoms with Gasteiger partial charge in [-0.3, -0.25) is 0 Å². The van der Waals surface area contributed by atoms with E-state index in [1.807, 2.05) is 24.4 Å². The van der Waals surface area contributed by atoms with Gasteiger partial charge in [0, 0.05) is 6.20 Å². The van der Waals surface area contributed by atoms with E-state index in [4.69, 9.17) is 9.72 Å². The average Bonchev–Trinajstić information content (AvgIpc) is 3.70. The van der Waals surface area contributed by atoms with Gasteiger partial charge in [-0.05, 0) is 38.9 Å². The van der Waals surface area contributed by atoms with Gasteiger partial charge in [0.15, 0.2) is 0 Å². The summed E-state index contributed by atoms with van der Waals surface area (Å²) in [5, 5.41) is 2.33. The molecule has 0 atom stereocenters. The number of imidazole rings is 1. The molecule has 59 heavy (non-hydrogen) atoms. The van der Waals surface area contributed by atoms with Crippen molar-refractivity contribution >= 4 is 32.8 Å². The summed E-state index contributed by atoms with van der Waals surface area (Å²) in [6, 6.07) is 44.3. The fourth-order valence-electron chi connectivity index (χ4n) is 9.33. The summed E-state index contributed by atoms with van der Waals surface area (Å²) in [6.07, 6.45) is 1.95. The number of aromatic nitrogens is 4. The Morgan fingerprint density at radius 3 is 1.93 bits per heavy atom. The summed E-state index contributed by atoms with van der Waals surface area (Å²) in [7, 11) is 0. The molecule has 0 radical (unpaired) electrons. The Morgan fingerprint density at radius 1 is 0.610 bits per heavy atom. The zero-order valence-corrected chi connectivity index (χ0v) is 38.7. The van der Waals surface area contributed by atoms with Gasteiger partial charge in [0.25, 0.3) is 0 Å². The van der Waals surface area contributed by atoms with Crippen molar-refractivity contribution in [1.29, 1.82) is 0 Å². The number of nitrogens with zero attached hydrogens (tertiary/aromatic N) is 4. The van der Waals surface area contributed by atoms with Gasteiger partial charge in [-0.1, -0.05) is 68.4 Å². The summed E-state index contributed by atoms with van der Waals surface area (Å²) in [5.74, 6) is 2.13. The van der Waals surface area contributed by atoms with Crippen molar-refractivity contribution in [3.8, 4) is 28.7 Å². The van der Waals surface area contributed by atoms with Crippen molar-refractivity contribution < 1.29 is 24.1 Å². The fourth-order valence-corrected chi connectivity index (χ4v) is 10.4. The van der Waals surface area contributed by atoms with Gasteiger partial charge < -0.3 is 0 Å². The quantitative estimate of drug-likeness (QED) is 0.161. The summed E-state index contributed by atoms with van der Waals surface area (Å²) in [6.45, 7) is 28.0. The van der Waals surface area contributed by atoms with Crippen LogP contribution in [-0.4, -0.2) is 18.7 Å². The molecule has 5 aromatic carbocycles. The van der Waals surface area contributed by atoms with Crippen LogP contribution in [0.2, 0.25) is 0 Å². The first-order chi connectivity index (χ1) is 27.7. The van der Waals surface area contributed by atoms with E-state index in [9.17, 15) is 0 Å². The van der Waals surface area contributed by atoms with Gasteiger partial charge in [0.05, 0.1) is 0 Å². The summed E-state index contributed by atoms with van der Waals surface area (Å²) >= 11 is 2.44. The van der Waals surface area contributed by atoms with E-state index in [1.54, 1.807) is 0 Å². The molecule has 304 valence electrons. The van der Waals surface area contributed by atoms with E-state index in [-0.39, 0.29) is 27.1 Å². The summed E-state index contributed by atoms with van der Waals surface area (Å²) in [5.41, 5.74) is 11.6. The van der Waals surface area contributed by atoms with Crippen LogP contribution in [-0.2, 0) is 41.0 Å². The first-order valence-corrected chi connectivity index (χ1v) is 21.9. The Hall–Kier alpha value is -4.99. The molecule has 0 amide bonds. The minimum atomic E-state index is -0.123. The molecule has 0 spiro atoms. The topological polar surface area (TPSA) is 36.9 Å². The van der Waals surface area contributed by atoms with Crippen LogP contribution in [0.15, 0.2) is 109 Å². The van der Waals surface area contributed by atoms with Crippen LogP contribution in [0, 0.1) is 21.4 Å². The SMILES string of the molecule is CC(C)(C)c1ccc(-n2[c](=[Pt])n(-c3[c-]c(Oc4[c-]c5c(cc4)c4ccc6c(c4n5-c4cc(C(C)(C)C)ccn4)C(C)(C)C(C)(C)C6(C)C)ccc3)c3ccccc32)cc1. The molecule has 3 heterocycles. The first-order valence-electron chi connectivity index (χ1n) is 20.7. The molecule has 1 aliphatic rings. The van der Waals surface area contributed by atoms with E-state index in [1.165, 1.54) is 33.2 Å². The molecular weight excluding hydrogens is 904 g/mol. The second-order valence-electron chi connectivity index (χ2n) is 20.0. The molecule has 0 unspecified atom stereocenters. The predicted octanol–water partition coefficient (Wildman–Crippen LogP) is 13.6. The molecular formula is C53H54N4OPt-2. The van der Waals surface area contributed by atoms with E-state index < -0.39 is 0 Å². The number of ether oxygens (including phenoxy) is 1. The van der Waals surface area contributed by atoms with Gasteiger partial charge in [-0.2, -0.15) is 0 Å². The number of para-hydroxylation sites is 2. The van der Waals surface area contributed by atoms with Crippen molar-refractivity contribution in [3.63, 3.8) is 0 Å². The molecule has 3 aromatic heterocycles. The molecule has 1 aliphatic carbocycles. The van der Waals surface area contributed by atoms with Crippen LogP contribution in [0.25, 0.3) is 50.0 Å². The van der Waals surface area contributed by atoms with Crippen molar-refractivity contribution in [1.82, 2.24) is 18.7 Å². The van der Waals surface area contributed by atoms with Crippen molar-refractivity contribution in [2.45, 2.75) is 105 Å². The maximum absolute atomic E-state index is 6.73. The normalized spacial score (nSPS) is 16.0. The zero-order valence-electron chi connectivity index (χ0n) is 36.4. The Labute approximate surface area is 360 Å². The van der Waals surface area contributed by atoms with E-state index >= 15 is 0 Å². The summed E-state index contributed by atoms with van der Waals surface area (Å²) in [4.78, 5) is 5.06. The maximum atomic E-state index is 6.73. The van der Waals surface area contributed by atoms with Crippen LogP contribution in [0.4, 0.5) is 0 Å². The Morgan fingerprint density at radius 2 is 1.25 bits per heavy atom. The average molecular weight is 958 g/mol. The predicted molar refractivity (Wildman–Crippen MR) is 239 cm³/mol. The fraction of sp³-hybridized carbons (Fsp3) is 0.321.